The maximum atomic E-state index is 13.8. The van der Waals surface area contributed by atoms with Gasteiger partial charge in [0.15, 0.2) is 0 Å². The summed E-state index contributed by atoms with van der Waals surface area (Å²) in [6, 6.07) is 32.4. The summed E-state index contributed by atoms with van der Waals surface area (Å²) in [4.78, 5) is 18.5. The summed E-state index contributed by atoms with van der Waals surface area (Å²) in [5.41, 5.74) is 4.91. The first kappa shape index (κ1) is 29.0. The van der Waals surface area contributed by atoms with Crippen molar-refractivity contribution in [1.29, 1.82) is 0 Å². The lowest BCUT2D eigenvalue weighted by atomic mass is 9.95. The largest absolute Gasteiger partial charge is 0.489 e. The number of nitrogens with one attached hydrogen (secondary N) is 2. The van der Waals surface area contributed by atoms with Gasteiger partial charge in [-0.25, -0.2) is 4.68 Å². The first-order chi connectivity index (χ1) is 20.9. The molecule has 0 fully saturated rings. The van der Waals surface area contributed by atoms with Gasteiger partial charge in [0.1, 0.15) is 18.4 Å². The van der Waals surface area contributed by atoms with E-state index < -0.39 is 6.04 Å². The first-order valence-electron chi connectivity index (χ1n) is 13.6. The highest BCUT2D eigenvalue weighted by molar-refractivity contribution is 9.10. The Morgan fingerprint density at radius 1 is 1.00 bits per heavy atom. The molecule has 1 atom stereocenters. The molecule has 43 heavy (non-hydrogen) atoms. The second-order valence-electron chi connectivity index (χ2n) is 9.91. The molecule has 1 aliphatic rings. The van der Waals surface area contributed by atoms with E-state index in [4.69, 9.17) is 26.4 Å². The summed E-state index contributed by atoms with van der Waals surface area (Å²) in [6.45, 7) is 2.33. The lowest BCUT2D eigenvalue weighted by Crippen LogP contribution is -2.31. The van der Waals surface area contributed by atoms with E-state index in [-0.39, 0.29) is 5.91 Å². The van der Waals surface area contributed by atoms with Gasteiger partial charge in [-0.2, -0.15) is 4.98 Å². The fourth-order valence-corrected chi connectivity index (χ4v) is 6.15. The van der Waals surface area contributed by atoms with Crippen LogP contribution in [0.25, 0.3) is 0 Å². The first-order valence-corrected chi connectivity index (χ1v) is 15.7. The maximum absolute atomic E-state index is 13.8. The number of thioether (sulfide) groups is 1. The van der Waals surface area contributed by atoms with Crippen LogP contribution in [0.3, 0.4) is 0 Å². The number of ether oxygens (including phenoxy) is 1. The molecular weight excluding hydrogens is 646 g/mol. The van der Waals surface area contributed by atoms with Crippen molar-refractivity contribution < 1.29 is 9.53 Å². The number of fused-ring (bicyclic) bond motifs is 1. The monoisotopic (exact) mass is 671 g/mol. The Labute approximate surface area is 267 Å². The third kappa shape index (κ3) is 6.80. The van der Waals surface area contributed by atoms with E-state index in [1.165, 1.54) is 11.8 Å². The molecular formula is C33H27BrClN5O2S. The van der Waals surface area contributed by atoms with Gasteiger partial charge in [-0.05, 0) is 66.1 Å². The van der Waals surface area contributed by atoms with Gasteiger partial charge in [-0.3, -0.25) is 4.79 Å². The highest BCUT2D eigenvalue weighted by Gasteiger charge is 2.34. The van der Waals surface area contributed by atoms with E-state index in [9.17, 15) is 4.79 Å². The highest BCUT2D eigenvalue weighted by atomic mass is 79.9. The minimum Gasteiger partial charge on any atom is -0.489 e. The van der Waals surface area contributed by atoms with Crippen LogP contribution in [-0.4, -0.2) is 20.7 Å². The number of carbonyl (C=O) groups excluding carboxylic acids is 1. The molecule has 0 saturated carbocycles. The van der Waals surface area contributed by atoms with Crippen LogP contribution in [0.15, 0.2) is 124 Å². The van der Waals surface area contributed by atoms with Crippen molar-refractivity contribution in [3.8, 4) is 5.75 Å². The smallest absolute Gasteiger partial charge is 0.255 e. The molecule has 2 heterocycles. The number of benzene rings is 4. The summed E-state index contributed by atoms with van der Waals surface area (Å²) < 4.78 is 8.84. The number of anilines is 2. The number of hydrogen-bond acceptors (Lipinski definition) is 6. The molecule has 7 nitrogen and oxygen atoms in total. The number of rotatable bonds is 9. The maximum Gasteiger partial charge on any atom is 0.255 e. The molecule has 1 aliphatic heterocycles. The van der Waals surface area contributed by atoms with Crippen molar-refractivity contribution in [3.63, 3.8) is 0 Å². The Balaban J connectivity index is 1.29. The average molecular weight is 673 g/mol. The van der Waals surface area contributed by atoms with Crippen molar-refractivity contribution in [2.75, 3.05) is 10.6 Å². The van der Waals surface area contributed by atoms with E-state index in [1.54, 1.807) is 4.68 Å². The highest BCUT2D eigenvalue weighted by Crippen LogP contribution is 2.38. The SMILES string of the molecule is CC1=C(C(=O)Nc2ccccc2)C(c2ccc(OCc3ccc(Br)cc3)cc2)n2nc(SCc3ccccc3Cl)nc2N1. The Hall–Kier alpha value is -4.05. The van der Waals surface area contributed by atoms with Gasteiger partial charge in [0.2, 0.25) is 11.1 Å². The number of nitrogens with zero attached hydrogens (tertiary/aromatic N) is 3. The molecule has 0 radical (unpaired) electrons. The van der Waals surface area contributed by atoms with Gasteiger partial charge in [0.25, 0.3) is 5.91 Å². The minimum atomic E-state index is -0.511. The topological polar surface area (TPSA) is 81.1 Å². The van der Waals surface area contributed by atoms with Crippen molar-refractivity contribution in [2.45, 2.75) is 30.5 Å². The number of halogens is 2. The predicted octanol–water partition coefficient (Wildman–Crippen LogP) is 8.49. The minimum absolute atomic E-state index is 0.219. The fraction of sp³-hybridized carbons (Fsp3) is 0.121. The van der Waals surface area contributed by atoms with E-state index in [1.807, 2.05) is 110 Å². The molecule has 216 valence electrons. The average Bonchev–Trinajstić information content (AvgIpc) is 3.43. The van der Waals surface area contributed by atoms with Crippen LogP contribution in [0.4, 0.5) is 11.6 Å². The zero-order valence-corrected chi connectivity index (χ0v) is 26.3. The van der Waals surface area contributed by atoms with E-state index in [0.29, 0.717) is 45.4 Å². The van der Waals surface area contributed by atoms with Crippen molar-refractivity contribution in [3.05, 3.63) is 141 Å². The van der Waals surface area contributed by atoms with Crippen LogP contribution >= 0.6 is 39.3 Å². The van der Waals surface area contributed by atoms with Gasteiger partial charge < -0.3 is 15.4 Å². The Morgan fingerprint density at radius 2 is 1.72 bits per heavy atom. The van der Waals surface area contributed by atoms with Gasteiger partial charge in [-0.15, -0.1) is 5.10 Å². The molecule has 0 spiro atoms. The van der Waals surface area contributed by atoms with Crippen molar-refractivity contribution in [2.24, 2.45) is 0 Å². The second kappa shape index (κ2) is 13.1. The number of carbonyl (C=O) groups is 1. The molecule has 1 amide bonds. The van der Waals surface area contributed by atoms with Gasteiger partial charge in [0.05, 0.1) is 5.57 Å². The fourth-order valence-electron chi connectivity index (χ4n) is 4.77. The lowest BCUT2D eigenvalue weighted by Gasteiger charge is -2.28. The van der Waals surface area contributed by atoms with E-state index in [2.05, 4.69) is 26.6 Å². The lowest BCUT2D eigenvalue weighted by molar-refractivity contribution is -0.113. The third-order valence-corrected chi connectivity index (χ3v) is 8.72. The molecule has 10 heteroatoms. The van der Waals surface area contributed by atoms with Gasteiger partial charge in [0, 0.05) is 26.6 Å². The Morgan fingerprint density at radius 3 is 2.47 bits per heavy atom. The molecule has 0 saturated heterocycles. The van der Waals surface area contributed by atoms with Crippen molar-refractivity contribution >= 4 is 56.8 Å². The zero-order chi connectivity index (χ0) is 29.8. The summed E-state index contributed by atoms with van der Waals surface area (Å²) >= 11 is 11.3. The van der Waals surface area contributed by atoms with Crippen LogP contribution < -0.4 is 15.4 Å². The summed E-state index contributed by atoms with van der Waals surface area (Å²) in [6.07, 6.45) is 0. The molecule has 4 aromatic carbocycles. The predicted molar refractivity (Wildman–Crippen MR) is 175 cm³/mol. The Bertz CT molecular complexity index is 1780. The summed E-state index contributed by atoms with van der Waals surface area (Å²) in [7, 11) is 0. The molecule has 0 aliphatic carbocycles. The molecule has 5 aromatic rings. The van der Waals surface area contributed by atoms with Crippen molar-refractivity contribution in [1.82, 2.24) is 14.8 Å². The Kier molecular flexibility index (Phi) is 8.83. The quantitative estimate of drug-likeness (QED) is 0.153. The third-order valence-electron chi connectivity index (χ3n) is 6.94. The normalized spacial score (nSPS) is 14.2. The molecule has 0 bridgehead atoms. The van der Waals surface area contributed by atoms with Crippen LogP contribution in [0.5, 0.6) is 5.75 Å². The number of para-hydroxylation sites is 1. The zero-order valence-electron chi connectivity index (χ0n) is 23.1. The number of hydrogen-bond donors (Lipinski definition) is 2. The standard InChI is InChI=1S/C33H27BrClN5O2S/c1-21-29(31(41)37-26-8-3-2-4-9-26)30(23-13-17-27(18-14-23)42-19-22-11-15-25(34)16-12-22)40-32(36-21)38-33(39-40)43-20-24-7-5-6-10-28(24)35/h2-18,30H,19-20H2,1H3,(H,37,41)(H,36,38,39). The number of amides is 1. The second-order valence-corrected chi connectivity index (χ2v) is 12.2. The number of aromatic nitrogens is 3. The van der Waals surface area contributed by atoms with Gasteiger partial charge >= 0.3 is 0 Å². The summed E-state index contributed by atoms with van der Waals surface area (Å²) in [5.74, 6) is 1.69. The molecule has 2 N–H and O–H groups in total. The molecule has 1 unspecified atom stereocenters. The van der Waals surface area contributed by atoms with E-state index in [0.717, 1.165) is 26.9 Å². The van der Waals surface area contributed by atoms with Crippen LogP contribution in [-0.2, 0) is 17.2 Å². The van der Waals surface area contributed by atoms with E-state index >= 15 is 0 Å². The summed E-state index contributed by atoms with van der Waals surface area (Å²) in [5, 5.41) is 12.5. The van der Waals surface area contributed by atoms with Crippen LogP contribution in [0.2, 0.25) is 5.02 Å². The van der Waals surface area contributed by atoms with Crippen LogP contribution in [0, 0.1) is 0 Å². The van der Waals surface area contributed by atoms with Crippen LogP contribution in [0.1, 0.15) is 29.7 Å². The molecule has 6 rings (SSSR count). The number of allylic oxidation sites excluding steroid dienone is 1. The molecule has 1 aromatic heterocycles. The van der Waals surface area contributed by atoms with Gasteiger partial charge in [-0.1, -0.05) is 100.0 Å².